The van der Waals surface area contributed by atoms with Crippen LogP contribution >= 0.6 is 12.2 Å². The molecule has 2 aromatic carbocycles. The zero-order valence-electron chi connectivity index (χ0n) is 13.7. The third kappa shape index (κ3) is 3.94. The van der Waals surface area contributed by atoms with E-state index in [-0.39, 0.29) is 23.1 Å². The lowest BCUT2D eigenvalue weighted by Gasteiger charge is -2.12. The Kier molecular flexibility index (Phi) is 5.08. The van der Waals surface area contributed by atoms with Crippen LogP contribution in [0.2, 0.25) is 0 Å². The highest BCUT2D eigenvalue weighted by molar-refractivity contribution is 7.80. The number of aromatic nitrogens is 2. The maximum Gasteiger partial charge on any atom is 0.245 e. The number of nitrogens with zero attached hydrogens (tertiary/aromatic N) is 2. The van der Waals surface area contributed by atoms with Crippen LogP contribution in [0.5, 0.6) is 0 Å². The fourth-order valence-corrected chi connectivity index (χ4v) is 2.57. The smallest absolute Gasteiger partial charge is 0.245 e. The fraction of sp³-hybridized carbons (Fsp3) is 0.118. The summed E-state index contributed by atoms with van der Waals surface area (Å²) >= 11 is 4.97. The Morgan fingerprint density at radius 2 is 1.96 bits per heavy atom. The summed E-state index contributed by atoms with van der Waals surface area (Å²) in [5.41, 5.74) is 6.60. The summed E-state index contributed by atoms with van der Waals surface area (Å²) in [6.07, 6.45) is 0.0334. The van der Waals surface area contributed by atoms with E-state index >= 15 is 0 Å². The number of aryl methyl sites for hydroxylation is 1. The SMILES string of the molecule is Cn1c(CC(=O)NNC(=S)Nc2ccc(F)cc2F)nc2ccccc21. The van der Waals surface area contributed by atoms with Crippen LogP contribution in [0.1, 0.15) is 5.82 Å². The molecule has 0 saturated heterocycles. The molecule has 0 fully saturated rings. The number of anilines is 1. The molecule has 3 rings (SSSR count). The Labute approximate surface area is 153 Å². The lowest BCUT2D eigenvalue weighted by Crippen LogP contribution is -2.44. The summed E-state index contributed by atoms with van der Waals surface area (Å²) in [7, 11) is 1.83. The van der Waals surface area contributed by atoms with E-state index < -0.39 is 11.6 Å². The third-order valence-electron chi connectivity index (χ3n) is 3.69. The van der Waals surface area contributed by atoms with Crippen LogP contribution in [0, 0.1) is 11.6 Å². The Morgan fingerprint density at radius 1 is 1.19 bits per heavy atom. The minimum Gasteiger partial charge on any atom is -0.331 e. The molecule has 1 amide bonds. The van der Waals surface area contributed by atoms with Gasteiger partial charge in [0.1, 0.15) is 17.5 Å². The Balaban J connectivity index is 1.56. The summed E-state index contributed by atoms with van der Waals surface area (Å²) in [6, 6.07) is 10.6. The fourth-order valence-electron chi connectivity index (χ4n) is 2.41. The van der Waals surface area contributed by atoms with Crippen LogP contribution in [-0.2, 0) is 18.3 Å². The van der Waals surface area contributed by atoms with Crippen molar-refractivity contribution >= 4 is 40.0 Å². The summed E-state index contributed by atoms with van der Waals surface area (Å²) in [5.74, 6) is -1.26. The molecule has 134 valence electrons. The molecule has 0 saturated carbocycles. The Hall–Kier alpha value is -3.07. The van der Waals surface area contributed by atoms with Crippen molar-refractivity contribution in [3.8, 4) is 0 Å². The monoisotopic (exact) mass is 375 g/mol. The molecule has 0 aliphatic heterocycles. The number of para-hydroxylation sites is 2. The molecule has 9 heteroatoms. The lowest BCUT2D eigenvalue weighted by atomic mass is 10.3. The van der Waals surface area contributed by atoms with Crippen molar-refractivity contribution in [1.82, 2.24) is 20.4 Å². The average molecular weight is 375 g/mol. The van der Waals surface area contributed by atoms with Gasteiger partial charge in [-0.05, 0) is 36.5 Å². The highest BCUT2D eigenvalue weighted by Crippen LogP contribution is 2.15. The predicted molar refractivity (Wildman–Crippen MR) is 98.3 cm³/mol. The maximum atomic E-state index is 13.6. The topological polar surface area (TPSA) is 71.0 Å². The van der Waals surface area contributed by atoms with E-state index in [4.69, 9.17) is 12.2 Å². The van der Waals surface area contributed by atoms with E-state index in [1.807, 2.05) is 35.9 Å². The highest BCUT2D eigenvalue weighted by atomic mass is 32.1. The molecule has 3 N–H and O–H groups in total. The summed E-state index contributed by atoms with van der Waals surface area (Å²) in [6.45, 7) is 0. The summed E-state index contributed by atoms with van der Waals surface area (Å²) in [5, 5.41) is 2.50. The number of imidazole rings is 1. The van der Waals surface area contributed by atoms with E-state index in [0.29, 0.717) is 5.82 Å². The number of fused-ring (bicyclic) bond motifs is 1. The second kappa shape index (κ2) is 7.44. The second-order valence-corrected chi connectivity index (χ2v) is 5.91. The van der Waals surface area contributed by atoms with Crippen molar-refractivity contribution in [2.24, 2.45) is 7.05 Å². The first-order chi connectivity index (χ1) is 12.4. The number of halogens is 2. The maximum absolute atomic E-state index is 13.6. The first-order valence-electron chi connectivity index (χ1n) is 7.65. The number of rotatable bonds is 3. The number of hydrogen-bond acceptors (Lipinski definition) is 3. The van der Waals surface area contributed by atoms with Gasteiger partial charge in [-0.2, -0.15) is 0 Å². The normalized spacial score (nSPS) is 10.6. The van der Waals surface area contributed by atoms with Crippen LogP contribution in [0.4, 0.5) is 14.5 Å². The van der Waals surface area contributed by atoms with Crippen molar-refractivity contribution in [2.45, 2.75) is 6.42 Å². The molecule has 0 unspecified atom stereocenters. The molecule has 6 nitrogen and oxygen atoms in total. The molecule has 1 aromatic heterocycles. The van der Waals surface area contributed by atoms with Gasteiger partial charge in [-0.25, -0.2) is 13.8 Å². The quantitative estimate of drug-likeness (QED) is 0.484. The summed E-state index contributed by atoms with van der Waals surface area (Å²) < 4.78 is 28.3. The Morgan fingerprint density at radius 3 is 2.69 bits per heavy atom. The first-order valence-corrected chi connectivity index (χ1v) is 8.06. The van der Waals surface area contributed by atoms with Crippen LogP contribution in [0.25, 0.3) is 11.0 Å². The average Bonchev–Trinajstić information content (AvgIpc) is 2.92. The van der Waals surface area contributed by atoms with E-state index in [9.17, 15) is 13.6 Å². The largest absolute Gasteiger partial charge is 0.331 e. The molecule has 0 atom stereocenters. The van der Waals surface area contributed by atoms with E-state index in [1.165, 1.54) is 6.07 Å². The van der Waals surface area contributed by atoms with Crippen molar-refractivity contribution in [2.75, 3.05) is 5.32 Å². The molecule has 3 aromatic rings. The van der Waals surface area contributed by atoms with Gasteiger partial charge in [0, 0.05) is 13.1 Å². The van der Waals surface area contributed by atoms with Gasteiger partial charge in [0.25, 0.3) is 0 Å². The lowest BCUT2D eigenvalue weighted by molar-refractivity contribution is -0.121. The van der Waals surface area contributed by atoms with E-state index in [2.05, 4.69) is 21.2 Å². The molecule has 26 heavy (non-hydrogen) atoms. The molecular weight excluding hydrogens is 360 g/mol. The zero-order valence-corrected chi connectivity index (χ0v) is 14.5. The van der Waals surface area contributed by atoms with Crippen molar-refractivity contribution < 1.29 is 13.6 Å². The highest BCUT2D eigenvalue weighted by Gasteiger charge is 2.12. The van der Waals surface area contributed by atoms with Gasteiger partial charge in [0.2, 0.25) is 5.91 Å². The standard InChI is InChI=1S/C17H15F2N5OS/c1-24-14-5-3-2-4-13(14)20-15(24)9-16(25)22-23-17(26)21-12-7-6-10(18)8-11(12)19/h2-8H,9H2,1H3,(H,22,25)(H2,21,23,26). The molecule has 0 bridgehead atoms. The predicted octanol–water partition coefficient (Wildman–Crippen LogP) is 2.41. The van der Waals surface area contributed by atoms with Crippen LogP contribution in [-0.4, -0.2) is 20.6 Å². The molecule has 1 heterocycles. The number of nitrogens with one attached hydrogen (secondary N) is 3. The number of amides is 1. The number of hydrogen-bond donors (Lipinski definition) is 3. The van der Waals surface area contributed by atoms with Crippen LogP contribution in [0.15, 0.2) is 42.5 Å². The number of carbonyl (C=O) groups excluding carboxylic acids is 1. The number of carbonyl (C=O) groups is 1. The first kappa shape index (κ1) is 17.7. The number of hydrazine groups is 1. The number of benzene rings is 2. The second-order valence-electron chi connectivity index (χ2n) is 5.50. The van der Waals surface area contributed by atoms with Gasteiger partial charge in [-0.15, -0.1) is 0 Å². The van der Waals surface area contributed by atoms with Crippen molar-refractivity contribution in [1.29, 1.82) is 0 Å². The van der Waals surface area contributed by atoms with Crippen molar-refractivity contribution in [3.63, 3.8) is 0 Å². The molecule has 0 aliphatic rings. The molecule has 0 radical (unpaired) electrons. The van der Waals surface area contributed by atoms with Gasteiger partial charge in [0.15, 0.2) is 5.11 Å². The van der Waals surface area contributed by atoms with Crippen LogP contribution in [0.3, 0.4) is 0 Å². The van der Waals surface area contributed by atoms with Gasteiger partial charge >= 0.3 is 0 Å². The zero-order chi connectivity index (χ0) is 18.7. The third-order valence-corrected chi connectivity index (χ3v) is 3.90. The minimum atomic E-state index is -0.792. The molecule has 0 aliphatic carbocycles. The molecular formula is C17H15F2N5OS. The van der Waals surface area contributed by atoms with Gasteiger partial charge in [-0.3, -0.25) is 15.6 Å². The number of thiocarbonyl (C=S) groups is 1. The van der Waals surface area contributed by atoms with Gasteiger partial charge in [-0.1, -0.05) is 12.1 Å². The minimum absolute atomic E-state index is 0.00602. The van der Waals surface area contributed by atoms with E-state index in [1.54, 1.807) is 0 Å². The van der Waals surface area contributed by atoms with Crippen molar-refractivity contribution in [3.05, 3.63) is 59.9 Å². The van der Waals surface area contributed by atoms with Gasteiger partial charge in [0.05, 0.1) is 23.1 Å². The van der Waals surface area contributed by atoms with E-state index in [0.717, 1.165) is 23.2 Å². The summed E-state index contributed by atoms with van der Waals surface area (Å²) in [4.78, 5) is 16.5. The Bertz CT molecular complexity index is 988. The molecule has 0 spiro atoms. The van der Waals surface area contributed by atoms with Gasteiger partial charge < -0.3 is 9.88 Å². The van der Waals surface area contributed by atoms with Crippen LogP contribution < -0.4 is 16.2 Å².